The highest BCUT2D eigenvalue weighted by atomic mass is 16.1. The van der Waals surface area contributed by atoms with Crippen LogP contribution in [0.3, 0.4) is 0 Å². The minimum Gasteiger partial charge on any atom is -0.298 e. The summed E-state index contributed by atoms with van der Waals surface area (Å²) in [7, 11) is 0. The first kappa shape index (κ1) is 9.60. The Kier molecular flexibility index (Phi) is 1.76. The van der Waals surface area contributed by atoms with Crippen LogP contribution in [0.25, 0.3) is 32.3 Å². The lowest BCUT2D eigenvalue weighted by Gasteiger charge is -2.11. The van der Waals surface area contributed by atoms with Crippen molar-refractivity contribution in [2.45, 2.75) is 0 Å². The number of hydrogen-bond acceptors (Lipinski definition) is 1. The zero-order valence-corrected chi connectivity index (χ0v) is 9.60. The van der Waals surface area contributed by atoms with Gasteiger partial charge in [-0.05, 0) is 38.4 Å². The lowest BCUT2D eigenvalue weighted by molar-refractivity contribution is 0.112. The van der Waals surface area contributed by atoms with Crippen molar-refractivity contribution < 1.29 is 4.79 Å². The summed E-state index contributed by atoms with van der Waals surface area (Å²) in [6.07, 6.45) is 0.926. The number of carbonyl (C=O) groups is 1. The van der Waals surface area contributed by atoms with Gasteiger partial charge in [0.15, 0.2) is 6.29 Å². The Bertz CT molecular complexity index is 874. The highest BCUT2D eigenvalue weighted by molar-refractivity contribution is 6.24. The first-order valence-electron chi connectivity index (χ1n) is 5.92. The summed E-state index contributed by atoms with van der Waals surface area (Å²) in [6, 6.07) is 19.5. The molecule has 0 saturated carbocycles. The number of aldehydes is 1. The summed E-state index contributed by atoms with van der Waals surface area (Å²) >= 11 is 0. The molecule has 0 unspecified atom stereocenters. The fraction of sp³-hybridized carbons (Fsp3) is 0. The highest BCUT2D eigenvalue weighted by Crippen LogP contribution is 2.35. The molecule has 4 rings (SSSR count). The van der Waals surface area contributed by atoms with Crippen LogP contribution < -0.4 is 0 Å². The second-order valence-corrected chi connectivity index (χ2v) is 4.54. The van der Waals surface area contributed by atoms with Crippen LogP contribution in [0.1, 0.15) is 10.4 Å². The molecule has 0 amide bonds. The van der Waals surface area contributed by atoms with E-state index in [1.165, 1.54) is 21.5 Å². The van der Waals surface area contributed by atoms with E-state index in [-0.39, 0.29) is 0 Å². The highest BCUT2D eigenvalue weighted by Gasteiger charge is 2.09. The van der Waals surface area contributed by atoms with Gasteiger partial charge in [-0.1, -0.05) is 48.5 Å². The SMILES string of the molecule is O=Cc1ccc2ccc3[c]ccc4ccc1c2c34. The van der Waals surface area contributed by atoms with Gasteiger partial charge < -0.3 is 0 Å². The fourth-order valence-electron chi connectivity index (χ4n) is 2.78. The van der Waals surface area contributed by atoms with E-state index in [0.29, 0.717) is 0 Å². The van der Waals surface area contributed by atoms with Crippen molar-refractivity contribution in [1.29, 1.82) is 0 Å². The molecule has 0 bridgehead atoms. The molecule has 18 heavy (non-hydrogen) atoms. The predicted molar refractivity (Wildman–Crippen MR) is 74.4 cm³/mol. The van der Waals surface area contributed by atoms with Crippen LogP contribution in [0.15, 0.2) is 48.5 Å². The molecule has 0 atom stereocenters. The molecule has 0 aromatic heterocycles. The largest absolute Gasteiger partial charge is 0.298 e. The molecular weight excluding hydrogens is 220 g/mol. The van der Waals surface area contributed by atoms with Gasteiger partial charge in [0.2, 0.25) is 0 Å². The topological polar surface area (TPSA) is 17.1 Å². The molecule has 0 fully saturated rings. The van der Waals surface area contributed by atoms with Crippen LogP contribution in [-0.4, -0.2) is 6.29 Å². The summed E-state index contributed by atoms with van der Waals surface area (Å²) in [5.74, 6) is 0. The van der Waals surface area contributed by atoms with E-state index in [4.69, 9.17) is 0 Å². The van der Waals surface area contributed by atoms with Gasteiger partial charge in [0.25, 0.3) is 0 Å². The van der Waals surface area contributed by atoms with Crippen molar-refractivity contribution in [2.24, 2.45) is 0 Å². The predicted octanol–water partition coefficient (Wildman–Crippen LogP) is 4.20. The van der Waals surface area contributed by atoms with E-state index >= 15 is 0 Å². The van der Waals surface area contributed by atoms with Gasteiger partial charge in [-0.25, -0.2) is 0 Å². The van der Waals surface area contributed by atoms with Gasteiger partial charge in [0, 0.05) is 5.56 Å². The number of benzene rings is 4. The lowest BCUT2D eigenvalue weighted by Crippen LogP contribution is -1.88. The molecule has 0 aliphatic carbocycles. The molecule has 0 aliphatic heterocycles. The lowest BCUT2D eigenvalue weighted by atomic mass is 9.92. The standard InChI is InChI=1S/C17H9O/c18-10-14-7-6-13-5-4-11-2-1-3-12-8-9-15(14)17(13)16(11)12/h1,3-10H. The van der Waals surface area contributed by atoms with Crippen LogP contribution in [0.4, 0.5) is 0 Å². The first-order valence-corrected chi connectivity index (χ1v) is 5.92. The Morgan fingerprint density at radius 2 is 1.61 bits per heavy atom. The third-order valence-corrected chi connectivity index (χ3v) is 3.61. The van der Waals surface area contributed by atoms with Crippen LogP contribution in [0, 0.1) is 6.07 Å². The average Bonchev–Trinajstić information content (AvgIpc) is 2.44. The van der Waals surface area contributed by atoms with Crippen molar-refractivity contribution in [3.63, 3.8) is 0 Å². The zero-order valence-electron chi connectivity index (χ0n) is 9.60. The molecule has 4 aromatic rings. The zero-order chi connectivity index (χ0) is 12.1. The van der Waals surface area contributed by atoms with E-state index in [0.717, 1.165) is 22.6 Å². The van der Waals surface area contributed by atoms with Crippen LogP contribution in [0.5, 0.6) is 0 Å². The van der Waals surface area contributed by atoms with E-state index < -0.39 is 0 Å². The normalized spacial score (nSPS) is 11.6. The maximum Gasteiger partial charge on any atom is 0.150 e. The maximum atomic E-state index is 11.1. The summed E-state index contributed by atoms with van der Waals surface area (Å²) in [6.45, 7) is 0. The van der Waals surface area contributed by atoms with E-state index in [1.54, 1.807) is 0 Å². The van der Waals surface area contributed by atoms with Crippen LogP contribution in [-0.2, 0) is 0 Å². The third-order valence-electron chi connectivity index (χ3n) is 3.61. The second-order valence-electron chi connectivity index (χ2n) is 4.54. The molecule has 1 nitrogen and oxygen atoms in total. The molecule has 0 aliphatic rings. The molecule has 0 heterocycles. The van der Waals surface area contributed by atoms with E-state index in [1.807, 2.05) is 24.3 Å². The smallest absolute Gasteiger partial charge is 0.150 e. The van der Waals surface area contributed by atoms with Crippen molar-refractivity contribution >= 4 is 38.6 Å². The van der Waals surface area contributed by atoms with E-state index in [9.17, 15) is 4.79 Å². The van der Waals surface area contributed by atoms with Gasteiger partial charge in [0.1, 0.15) is 0 Å². The minimum absolute atomic E-state index is 0.751. The fourth-order valence-corrected chi connectivity index (χ4v) is 2.78. The monoisotopic (exact) mass is 229 g/mol. The molecule has 4 aromatic carbocycles. The minimum atomic E-state index is 0.751. The first-order chi connectivity index (χ1) is 8.88. The Morgan fingerprint density at radius 3 is 2.50 bits per heavy atom. The second kappa shape index (κ2) is 3.30. The molecule has 0 N–H and O–H groups in total. The Labute approximate surface area is 104 Å². The maximum absolute atomic E-state index is 11.1. The molecule has 1 heteroatoms. The Balaban J connectivity index is 2.43. The van der Waals surface area contributed by atoms with Crippen LogP contribution in [0.2, 0.25) is 0 Å². The molecule has 0 spiro atoms. The average molecular weight is 229 g/mol. The van der Waals surface area contributed by atoms with Crippen molar-refractivity contribution in [1.82, 2.24) is 0 Å². The van der Waals surface area contributed by atoms with E-state index in [2.05, 4.69) is 30.3 Å². The molecule has 0 saturated heterocycles. The van der Waals surface area contributed by atoms with Crippen molar-refractivity contribution in [3.8, 4) is 0 Å². The van der Waals surface area contributed by atoms with Gasteiger partial charge in [-0.2, -0.15) is 0 Å². The number of carbonyl (C=O) groups excluding carboxylic acids is 1. The Hall–Kier alpha value is -2.41. The quantitative estimate of drug-likeness (QED) is 0.353. The van der Waals surface area contributed by atoms with Crippen molar-refractivity contribution in [3.05, 3.63) is 60.2 Å². The van der Waals surface area contributed by atoms with Crippen LogP contribution >= 0.6 is 0 Å². The van der Waals surface area contributed by atoms with Gasteiger partial charge in [-0.3, -0.25) is 4.79 Å². The third kappa shape index (κ3) is 1.08. The summed E-state index contributed by atoms with van der Waals surface area (Å²) in [4.78, 5) is 11.1. The summed E-state index contributed by atoms with van der Waals surface area (Å²) in [5, 5.41) is 6.88. The Morgan fingerprint density at radius 1 is 0.833 bits per heavy atom. The number of hydrogen-bond donors (Lipinski definition) is 0. The molecular formula is C17H9O. The van der Waals surface area contributed by atoms with Crippen molar-refractivity contribution in [2.75, 3.05) is 0 Å². The summed E-state index contributed by atoms with van der Waals surface area (Å²) < 4.78 is 0. The molecule has 1 radical (unpaired) electrons. The summed E-state index contributed by atoms with van der Waals surface area (Å²) in [5.41, 5.74) is 0.751. The van der Waals surface area contributed by atoms with Gasteiger partial charge >= 0.3 is 0 Å². The van der Waals surface area contributed by atoms with Gasteiger partial charge in [0.05, 0.1) is 0 Å². The molecule has 83 valence electrons. The number of rotatable bonds is 1. The van der Waals surface area contributed by atoms with Gasteiger partial charge in [-0.15, -0.1) is 0 Å².